The minimum absolute atomic E-state index is 0.00150. The van der Waals surface area contributed by atoms with Crippen molar-refractivity contribution in [3.63, 3.8) is 0 Å². The first kappa shape index (κ1) is 23.0. The number of nitrogens with two attached hydrogens (primary N) is 1. The maximum atomic E-state index is 13.3. The first-order valence-corrected chi connectivity index (χ1v) is 10.5. The Hall–Kier alpha value is -2.71. The molecule has 0 saturated carbocycles. The van der Waals surface area contributed by atoms with Gasteiger partial charge in [-0.05, 0) is 24.8 Å². The summed E-state index contributed by atoms with van der Waals surface area (Å²) in [5.41, 5.74) is 8.31. The standard InChI is InChI=1S/C23H31N3O5/c1-5-31-22(28)20-16(13-30-10-8-24)26-15-11-23(2,3)12-17(27)19(15)18(20)14-7-6-9-25-21(14)29-4/h6-7,9,18,26H,5,8,10-13,24H2,1-4H3. The van der Waals surface area contributed by atoms with Gasteiger partial charge in [0, 0.05) is 36.0 Å². The molecule has 2 aliphatic rings. The van der Waals surface area contributed by atoms with E-state index in [2.05, 4.69) is 24.1 Å². The molecule has 3 rings (SSSR count). The molecule has 1 unspecified atom stereocenters. The second-order valence-electron chi connectivity index (χ2n) is 8.45. The zero-order chi connectivity index (χ0) is 22.6. The number of ether oxygens (including phenoxy) is 3. The Balaban J connectivity index is 2.22. The van der Waals surface area contributed by atoms with E-state index in [-0.39, 0.29) is 24.4 Å². The van der Waals surface area contributed by atoms with Gasteiger partial charge < -0.3 is 25.3 Å². The van der Waals surface area contributed by atoms with Gasteiger partial charge in [-0.2, -0.15) is 0 Å². The number of hydrogen-bond donors (Lipinski definition) is 2. The molecular weight excluding hydrogens is 398 g/mol. The Morgan fingerprint density at radius 2 is 2.13 bits per heavy atom. The number of dihydropyridines is 1. The van der Waals surface area contributed by atoms with Crippen LogP contribution in [0.2, 0.25) is 0 Å². The normalized spacial score (nSPS) is 20.3. The van der Waals surface area contributed by atoms with Crippen molar-refractivity contribution in [1.29, 1.82) is 0 Å². The van der Waals surface area contributed by atoms with Crippen LogP contribution in [0.15, 0.2) is 40.9 Å². The van der Waals surface area contributed by atoms with Crippen molar-refractivity contribution < 1.29 is 23.8 Å². The summed E-state index contributed by atoms with van der Waals surface area (Å²) >= 11 is 0. The van der Waals surface area contributed by atoms with Gasteiger partial charge in [-0.15, -0.1) is 0 Å². The van der Waals surface area contributed by atoms with E-state index in [1.54, 1.807) is 19.2 Å². The third-order valence-corrected chi connectivity index (χ3v) is 5.43. The number of nitrogens with one attached hydrogen (secondary N) is 1. The quantitative estimate of drug-likeness (QED) is 0.478. The van der Waals surface area contributed by atoms with Gasteiger partial charge in [0.15, 0.2) is 5.78 Å². The molecule has 0 aromatic carbocycles. The number of nitrogens with zero attached hydrogens (tertiary/aromatic N) is 1. The Kier molecular flexibility index (Phi) is 7.12. The molecule has 31 heavy (non-hydrogen) atoms. The summed E-state index contributed by atoms with van der Waals surface area (Å²) in [6.45, 7) is 6.94. The molecule has 0 fully saturated rings. The molecule has 1 aromatic rings. The average Bonchev–Trinajstić information content (AvgIpc) is 2.72. The SMILES string of the molecule is CCOC(=O)C1=C(COCCN)NC2=C(C(=O)CC(C)(C)C2)C1c1cccnc1OC. The van der Waals surface area contributed by atoms with Gasteiger partial charge in [-0.25, -0.2) is 9.78 Å². The molecule has 8 nitrogen and oxygen atoms in total. The van der Waals surface area contributed by atoms with Crippen LogP contribution in [-0.4, -0.2) is 50.2 Å². The van der Waals surface area contributed by atoms with Gasteiger partial charge in [0.25, 0.3) is 0 Å². The molecule has 1 atom stereocenters. The first-order valence-electron chi connectivity index (χ1n) is 10.5. The molecule has 1 aliphatic carbocycles. The van der Waals surface area contributed by atoms with E-state index >= 15 is 0 Å². The van der Waals surface area contributed by atoms with Gasteiger partial charge in [0.1, 0.15) is 0 Å². The van der Waals surface area contributed by atoms with Crippen LogP contribution in [0.5, 0.6) is 5.88 Å². The monoisotopic (exact) mass is 429 g/mol. The number of methoxy groups -OCH3 is 1. The highest BCUT2D eigenvalue weighted by Crippen LogP contribution is 2.48. The second kappa shape index (κ2) is 9.62. The van der Waals surface area contributed by atoms with Crippen LogP contribution >= 0.6 is 0 Å². The van der Waals surface area contributed by atoms with Gasteiger partial charge in [0.05, 0.1) is 44.1 Å². The van der Waals surface area contributed by atoms with Gasteiger partial charge in [-0.3, -0.25) is 4.79 Å². The van der Waals surface area contributed by atoms with E-state index in [1.165, 1.54) is 7.11 Å². The number of ketones is 1. The Morgan fingerprint density at radius 1 is 1.35 bits per heavy atom. The van der Waals surface area contributed by atoms with Crippen molar-refractivity contribution in [2.45, 2.75) is 39.5 Å². The van der Waals surface area contributed by atoms with Gasteiger partial charge in [-0.1, -0.05) is 19.9 Å². The summed E-state index contributed by atoms with van der Waals surface area (Å²) in [6.07, 6.45) is 2.68. The van der Waals surface area contributed by atoms with Gasteiger partial charge in [0.2, 0.25) is 5.88 Å². The lowest BCUT2D eigenvalue weighted by Gasteiger charge is -2.40. The lowest BCUT2D eigenvalue weighted by molar-refractivity contribution is -0.139. The number of carbonyl (C=O) groups excluding carboxylic acids is 2. The summed E-state index contributed by atoms with van der Waals surface area (Å²) < 4.78 is 16.5. The van der Waals surface area contributed by atoms with Crippen molar-refractivity contribution in [2.24, 2.45) is 11.1 Å². The van der Waals surface area contributed by atoms with E-state index in [0.717, 1.165) is 5.70 Å². The maximum absolute atomic E-state index is 13.3. The highest BCUT2D eigenvalue weighted by molar-refractivity contribution is 6.04. The third kappa shape index (κ3) is 4.80. The number of pyridine rings is 1. The smallest absolute Gasteiger partial charge is 0.336 e. The molecule has 0 spiro atoms. The molecule has 1 aliphatic heterocycles. The Bertz CT molecular complexity index is 920. The fourth-order valence-corrected chi connectivity index (χ4v) is 4.28. The van der Waals surface area contributed by atoms with Crippen LogP contribution in [-0.2, 0) is 19.1 Å². The van der Waals surface area contributed by atoms with Crippen LogP contribution in [0.3, 0.4) is 0 Å². The van der Waals surface area contributed by atoms with E-state index in [4.69, 9.17) is 19.9 Å². The van der Waals surface area contributed by atoms with Crippen molar-refractivity contribution in [3.05, 3.63) is 46.4 Å². The number of rotatable bonds is 8. The van der Waals surface area contributed by atoms with Crippen LogP contribution in [0.4, 0.5) is 0 Å². The lowest BCUT2D eigenvalue weighted by Crippen LogP contribution is -2.40. The fraction of sp³-hybridized carbons (Fsp3) is 0.522. The Morgan fingerprint density at radius 3 is 2.81 bits per heavy atom. The highest BCUT2D eigenvalue weighted by atomic mass is 16.5. The molecule has 2 heterocycles. The zero-order valence-electron chi connectivity index (χ0n) is 18.6. The van der Waals surface area contributed by atoms with Crippen molar-refractivity contribution in [1.82, 2.24) is 10.3 Å². The Labute approximate surface area is 182 Å². The number of hydrogen-bond acceptors (Lipinski definition) is 8. The summed E-state index contributed by atoms with van der Waals surface area (Å²) in [7, 11) is 1.52. The van der Waals surface area contributed by atoms with Crippen molar-refractivity contribution in [2.75, 3.05) is 33.5 Å². The van der Waals surface area contributed by atoms with Crippen LogP contribution in [0.25, 0.3) is 0 Å². The largest absolute Gasteiger partial charge is 0.481 e. The number of allylic oxidation sites excluding steroid dienone is 2. The molecule has 168 valence electrons. The minimum Gasteiger partial charge on any atom is -0.481 e. The molecular formula is C23H31N3O5. The van der Waals surface area contributed by atoms with Crippen molar-refractivity contribution >= 4 is 11.8 Å². The highest BCUT2D eigenvalue weighted by Gasteiger charge is 2.44. The topological polar surface area (TPSA) is 113 Å². The van der Waals surface area contributed by atoms with Gasteiger partial charge >= 0.3 is 5.97 Å². The summed E-state index contributed by atoms with van der Waals surface area (Å²) in [5, 5.41) is 3.34. The van der Waals surface area contributed by atoms with Crippen LogP contribution in [0, 0.1) is 5.41 Å². The average molecular weight is 430 g/mol. The number of carbonyl (C=O) groups is 2. The molecule has 0 amide bonds. The van der Waals surface area contributed by atoms with Crippen LogP contribution < -0.4 is 15.8 Å². The zero-order valence-corrected chi connectivity index (χ0v) is 18.6. The fourth-order valence-electron chi connectivity index (χ4n) is 4.28. The summed E-state index contributed by atoms with van der Waals surface area (Å²) in [6, 6.07) is 3.60. The predicted octanol–water partition coefficient (Wildman–Crippen LogP) is 2.21. The third-order valence-electron chi connectivity index (χ3n) is 5.43. The maximum Gasteiger partial charge on any atom is 0.336 e. The van der Waals surface area contributed by atoms with E-state index in [9.17, 15) is 9.59 Å². The summed E-state index contributed by atoms with van der Waals surface area (Å²) in [5.74, 6) is -0.790. The lowest BCUT2D eigenvalue weighted by atomic mass is 9.68. The van der Waals surface area contributed by atoms with E-state index in [0.29, 0.717) is 54.3 Å². The van der Waals surface area contributed by atoms with E-state index < -0.39 is 11.9 Å². The first-order chi connectivity index (χ1) is 14.8. The second-order valence-corrected chi connectivity index (χ2v) is 8.45. The number of aromatic nitrogens is 1. The van der Waals surface area contributed by atoms with E-state index in [1.807, 2.05) is 6.07 Å². The molecule has 0 bridgehead atoms. The number of Topliss-reactive ketones (excluding diaryl/α,β-unsaturated/α-hetero) is 1. The number of esters is 1. The molecule has 8 heteroatoms. The predicted molar refractivity (Wildman–Crippen MR) is 115 cm³/mol. The molecule has 3 N–H and O–H groups in total. The van der Waals surface area contributed by atoms with Crippen LogP contribution in [0.1, 0.15) is 45.1 Å². The molecule has 1 aromatic heterocycles. The minimum atomic E-state index is -0.654. The molecule has 0 saturated heterocycles. The summed E-state index contributed by atoms with van der Waals surface area (Å²) in [4.78, 5) is 30.8. The van der Waals surface area contributed by atoms with Crippen molar-refractivity contribution in [3.8, 4) is 5.88 Å². The molecule has 0 radical (unpaired) electrons.